The molecule has 0 unspecified atom stereocenters. The van der Waals surface area contributed by atoms with Crippen molar-refractivity contribution in [2.75, 3.05) is 25.5 Å². The van der Waals surface area contributed by atoms with Crippen molar-refractivity contribution in [3.63, 3.8) is 0 Å². The Labute approximate surface area is 123 Å². The number of pyridine rings is 1. The van der Waals surface area contributed by atoms with E-state index in [-0.39, 0.29) is 16.7 Å². The van der Waals surface area contributed by atoms with E-state index in [0.717, 1.165) is 6.54 Å². The van der Waals surface area contributed by atoms with Crippen LogP contribution in [0.5, 0.6) is 0 Å². The number of nitrogens with one attached hydrogen (secondary N) is 1. The zero-order valence-corrected chi connectivity index (χ0v) is 12.3. The van der Waals surface area contributed by atoms with Crippen LogP contribution < -0.4 is 5.32 Å². The third-order valence-electron chi connectivity index (χ3n) is 3.74. The van der Waals surface area contributed by atoms with Crippen LogP contribution in [0, 0.1) is 10.1 Å². The highest BCUT2D eigenvalue weighted by Gasteiger charge is 2.20. The summed E-state index contributed by atoms with van der Waals surface area (Å²) in [5.41, 5.74) is -0.0436. The number of halogens is 1. The lowest BCUT2D eigenvalue weighted by Crippen LogP contribution is -2.33. The largest absolute Gasteiger partial charge is 0.363 e. The summed E-state index contributed by atoms with van der Waals surface area (Å²) in [7, 11) is 2.09. The fraction of sp³-hybridized carbons (Fsp3) is 0.615. The van der Waals surface area contributed by atoms with Crippen LogP contribution in [-0.2, 0) is 0 Å². The molecule has 0 aliphatic heterocycles. The maximum absolute atomic E-state index is 10.9. The Morgan fingerprint density at radius 1 is 1.50 bits per heavy atom. The number of rotatable bonds is 6. The Morgan fingerprint density at radius 3 is 2.85 bits per heavy atom. The lowest BCUT2D eigenvalue weighted by molar-refractivity contribution is -0.384. The second-order valence-electron chi connectivity index (χ2n) is 5.10. The summed E-state index contributed by atoms with van der Waals surface area (Å²) in [6.45, 7) is 1.44. The van der Waals surface area contributed by atoms with Crippen molar-refractivity contribution >= 4 is 23.1 Å². The maximum atomic E-state index is 10.9. The summed E-state index contributed by atoms with van der Waals surface area (Å²) in [6, 6.07) is 3.44. The van der Waals surface area contributed by atoms with Crippen molar-refractivity contribution in [2.24, 2.45) is 0 Å². The van der Waals surface area contributed by atoms with Crippen LogP contribution in [0.1, 0.15) is 25.7 Å². The van der Waals surface area contributed by atoms with Gasteiger partial charge in [-0.25, -0.2) is 4.98 Å². The molecule has 1 heterocycles. The van der Waals surface area contributed by atoms with E-state index in [1.807, 2.05) is 0 Å². The fourth-order valence-corrected chi connectivity index (χ4v) is 2.73. The number of hydrogen-bond acceptors (Lipinski definition) is 5. The van der Waals surface area contributed by atoms with Gasteiger partial charge in [-0.2, -0.15) is 0 Å². The zero-order valence-electron chi connectivity index (χ0n) is 11.5. The summed E-state index contributed by atoms with van der Waals surface area (Å²) in [5, 5.41) is 14.2. The van der Waals surface area contributed by atoms with Crippen LogP contribution in [-0.4, -0.2) is 41.0 Å². The second-order valence-corrected chi connectivity index (χ2v) is 5.49. The van der Waals surface area contributed by atoms with E-state index in [9.17, 15) is 10.1 Å². The summed E-state index contributed by atoms with van der Waals surface area (Å²) >= 11 is 5.78. The van der Waals surface area contributed by atoms with Crippen LogP contribution in [0.15, 0.2) is 12.1 Å². The molecular weight excluding hydrogens is 280 g/mol. The summed E-state index contributed by atoms with van der Waals surface area (Å²) < 4.78 is 0. The highest BCUT2D eigenvalue weighted by molar-refractivity contribution is 6.29. The summed E-state index contributed by atoms with van der Waals surface area (Å²) in [5.74, 6) is 0.238. The molecule has 0 amide bonds. The predicted octanol–water partition coefficient (Wildman–Crippen LogP) is 2.93. The lowest BCUT2D eigenvalue weighted by Gasteiger charge is -2.23. The number of aromatic nitrogens is 1. The van der Waals surface area contributed by atoms with Crippen LogP contribution in [0.4, 0.5) is 11.5 Å². The normalized spacial score (nSPS) is 15.8. The van der Waals surface area contributed by atoms with E-state index < -0.39 is 4.92 Å². The zero-order chi connectivity index (χ0) is 14.5. The van der Waals surface area contributed by atoms with E-state index in [1.165, 1.54) is 37.8 Å². The molecule has 0 radical (unpaired) electrons. The Hall–Kier alpha value is -1.40. The predicted molar refractivity (Wildman–Crippen MR) is 79.3 cm³/mol. The molecule has 6 nitrogen and oxygen atoms in total. The average Bonchev–Trinajstić information content (AvgIpc) is 2.92. The highest BCUT2D eigenvalue weighted by atomic mass is 35.5. The van der Waals surface area contributed by atoms with Gasteiger partial charge in [0.25, 0.3) is 0 Å². The molecule has 1 aromatic rings. The first-order valence-corrected chi connectivity index (χ1v) is 7.21. The first kappa shape index (κ1) is 15.0. The molecule has 1 fully saturated rings. The van der Waals surface area contributed by atoms with Crippen LogP contribution in [0.25, 0.3) is 0 Å². The van der Waals surface area contributed by atoms with Crippen molar-refractivity contribution in [3.8, 4) is 0 Å². The molecule has 1 aromatic heterocycles. The minimum Gasteiger partial charge on any atom is -0.363 e. The molecule has 0 saturated heterocycles. The van der Waals surface area contributed by atoms with Gasteiger partial charge in [-0.15, -0.1) is 0 Å². The highest BCUT2D eigenvalue weighted by Crippen LogP contribution is 2.24. The minimum absolute atomic E-state index is 0.0436. The van der Waals surface area contributed by atoms with Crippen molar-refractivity contribution in [1.29, 1.82) is 0 Å². The molecular formula is C13H19ClN4O2. The van der Waals surface area contributed by atoms with Gasteiger partial charge in [0.15, 0.2) is 0 Å². The third-order valence-corrected chi connectivity index (χ3v) is 3.95. The van der Waals surface area contributed by atoms with Crippen molar-refractivity contribution in [3.05, 3.63) is 27.4 Å². The van der Waals surface area contributed by atoms with Gasteiger partial charge in [0, 0.05) is 25.2 Å². The van der Waals surface area contributed by atoms with Gasteiger partial charge in [0.2, 0.25) is 5.82 Å². The lowest BCUT2D eigenvalue weighted by atomic mass is 10.2. The standard InChI is InChI=1S/C13H19ClN4O2/c1-17(10-4-2-3-5-10)9-8-15-13-11(18(19)20)6-7-12(14)16-13/h6-7,10H,2-5,8-9H2,1H3,(H,15,16). The van der Waals surface area contributed by atoms with Crippen molar-refractivity contribution in [1.82, 2.24) is 9.88 Å². The summed E-state index contributed by atoms with van der Waals surface area (Å²) in [6.07, 6.45) is 5.08. The van der Waals surface area contributed by atoms with Gasteiger partial charge in [0.05, 0.1) is 4.92 Å². The molecule has 2 rings (SSSR count). The molecule has 7 heteroatoms. The van der Waals surface area contributed by atoms with E-state index in [0.29, 0.717) is 12.6 Å². The first-order chi connectivity index (χ1) is 9.58. The Bertz CT molecular complexity index is 477. The number of anilines is 1. The van der Waals surface area contributed by atoms with Gasteiger partial charge in [0.1, 0.15) is 5.15 Å². The van der Waals surface area contributed by atoms with E-state index in [4.69, 9.17) is 11.6 Å². The minimum atomic E-state index is -0.452. The molecule has 1 N–H and O–H groups in total. The van der Waals surface area contributed by atoms with Crippen molar-refractivity contribution in [2.45, 2.75) is 31.7 Å². The Morgan fingerprint density at radius 2 is 2.20 bits per heavy atom. The number of likely N-dealkylation sites (N-methyl/N-ethyl adjacent to an activating group) is 1. The van der Waals surface area contributed by atoms with E-state index in [1.54, 1.807) is 0 Å². The maximum Gasteiger partial charge on any atom is 0.311 e. The monoisotopic (exact) mass is 298 g/mol. The van der Waals surface area contributed by atoms with Gasteiger partial charge in [-0.3, -0.25) is 10.1 Å². The molecule has 0 bridgehead atoms. The summed E-state index contributed by atoms with van der Waals surface area (Å²) in [4.78, 5) is 16.7. The number of nitrogens with zero attached hydrogens (tertiary/aromatic N) is 3. The van der Waals surface area contributed by atoms with Crippen LogP contribution in [0.2, 0.25) is 5.15 Å². The van der Waals surface area contributed by atoms with Gasteiger partial charge < -0.3 is 10.2 Å². The fourth-order valence-electron chi connectivity index (χ4n) is 2.58. The molecule has 1 aliphatic carbocycles. The van der Waals surface area contributed by atoms with Gasteiger partial charge in [-0.05, 0) is 26.0 Å². The third kappa shape index (κ3) is 3.80. The molecule has 0 aromatic carbocycles. The van der Waals surface area contributed by atoms with Gasteiger partial charge >= 0.3 is 5.69 Å². The molecule has 1 aliphatic rings. The SMILES string of the molecule is CN(CCNc1nc(Cl)ccc1[N+](=O)[O-])C1CCCC1. The van der Waals surface area contributed by atoms with Crippen LogP contribution >= 0.6 is 11.6 Å². The number of nitro groups is 1. The number of hydrogen-bond donors (Lipinski definition) is 1. The van der Waals surface area contributed by atoms with E-state index in [2.05, 4.69) is 22.2 Å². The molecule has 20 heavy (non-hydrogen) atoms. The molecule has 1 saturated carbocycles. The Balaban J connectivity index is 1.90. The Kier molecular flexibility index (Phi) is 5.14. The van der Waals surface area contributed by atoms with E-state index >= 15 is 0 Å². The molecule has 0 atom stereocenters. The second kappa shape index (κ2) is 6.85. The average molecular weight is 299 g/mol. The van der Waals surface area contributed by atoms with Gasteiger partial charge in [-0.1, -0.05) is 24.4 Å². The quantitative estimate of drug-likeness (QED) is 0.497. The smallest absolute Gasteiger partial charge is 0.311 e. The van der Waals surface area contributed by atoms with Crippen molar-refractivity contribution < 1.29 is 4.92 Å². The first-order valence-electron chi connectivity index (χ1n) is 6.83. The molecule has 110 valence electrons. The van der Waals surface area contributed by atoms with Crippen LogP contribution in [0.3, 0.4) is 0 Å². The topological polar surface area (TPSA) is 71.3 Å². The molecule has 0 spiro atoms.